The molecule has 0 unspecified atom stereocenters. The number of nitrogens with one attached hydrogen (secondary N) is 1. The number of hydrogen-bond donors (Lipinski definition) is 1. The maximum Gasteiger partial charge on any atom is 0.416 e. The second kappa shape index (κ2) is 6.64. The van der Waals surface area contributed by atoms with Crippen LogP contribution in [-0.4, -0.2) is 36.9 Å². The third-order valence-corrected chi connectivity index (χ3v) is 4.50. The number of ether oxygens (including phenoxy) is 1. The molecule has 0 spiro atoms. The van der Waals surface area contributed by atoms with Crippen molar-refractivity contribution in [2.75, 3.05) is 26.2 Å². The lowest BCUT2D eigenvalue weighted by Crippen LogP contribution is -2.35. The van der Waals surface area contributed by atoms with E-state index in [0.29, 0.717) is 35.1 Å². The zero-order valence-corrected chi connectivity index (χ0v) is 14.0. The van der Waals surface area contributed by atoms with Crippen molar-refractivity contribution in [1.82, 2.24) is 10.2 Å². The van der Waals surface area contributed by atoms with Gasteiger partial charge in [0.25, 0.3) is 0 Å². The first-order chi connectivity index (χ1) is 12.5. The van der Waals surface area contributed by atoms with E-state index >= 15 is 0 Å². The van der Waals surface area contributed by atoms with Crippen molar-refractivity contribution >= 4 is 11.5 Å². The van der Waals surface area contributed by atoms with Crippen LogP contribution in [0.2, 0.25) is 0 Å². The Labute approximate surface area is 149 Å². The topological polar surface area (TPSA) is 36.9 Å². The number of nitrogens with zero attached hydrogens (tertiary/aromatic N) is 2. The van der Waals surface area contributed by atoms with Crippen LogP contribution in [-0.2, 0) is 6.18 Å². The second-order valence-electron chi connectivity index (χ2n) is 6.30. The molecule has 136 valence electrons. The number of halogens is 3. The third kappa shape index (κ3) is 3.26. The van der Waals surface area contributed by atoms with Gasteiger partial charge in [0.05, 0.1) is 11.1 Å². The standard InChI is InChI=1S/C19H18F3N3O/c20-19(21,22)13-6-7-16-14(12-13)18(25-10-3-8-23-9-11-25)24-15-4-1-2-5-17(15)26-16/h1-2,4-7,12,23H,3,8-11H2. The van der Waals surface area contributed by atoms with Crippen molar-refractivity contribution in [1.29, 1.82) is 0 Å². The Hall–Kier alpha value is -2.54. The van der Waals surface area contributed by atoms with Crippen LogP contribution in [0.5, 0.6) is 11.5 Å². The molecule has 0 atom stereocenters. The molecule has 26 heavy (non-hydrogen) atoms. The SMILES string of the molecule is FC(F)(F)c1ccc2c(c1)C(N1CCCNCC1)=Nc1ccccc1O2. The molecule has 2 aromatic carbocycles. The molecule has 0 aliphatic carbocycles. The summed E-state index contributed by atoms with van der Waals surface area (Å²) in [6.07, 6.45) is -3.52. The monoisotopic (exact) mass is 361 g/mol. The van der Waals surface area contributed by atoms with Gasteiger partial charge in [0.15, 0.2) is 5.75 Å². The number of aliphatic imine (C=N–C) groups is 1. The zero-order valence-electron chi connectivity index (χ0n) is 14.0. The summed E-state index contributed by atoms with van der Waals surface area (Å²) in [5, 5.41) is 3.30. The normalized spacial score (nSPS) is 17.3. The van der Waals surface area contributed by atoms with Crippen molar-refractivity contribution in [3.63, 3.8) is 0 Å². The highest BCUT2D eigenvalue weighted by Gasteiger charge is 2.33. The van der Waals surface area contributed by atoms with Crippen LogP contribution in [0, 0.1) is 0 Å². The number of amidine groups is 1. The van der Waals surface area contributed by atoms with Crippen molar-refractivity contribution in [2.45, 2.75) is 12.6 Å². The van der Waals surface area contributed by atoms with Crippen LogP contribution in [0.3, 0.4) is 0 Å². The fourth-order valence-electron chi connectivity index (χ4n) is 3.20. The first-order valence-electron chi connectivity index (χ1n) is 8.55. The van der Waals surface area contributed by atoms with Gasteiger partial charge in [0, 0.05) is 19.6 Å². The van der Waals surface area contributed by atoms with E-state index in [2.05, 4.69) is 5.32 Å². The molecule has 2 aliphatic heterocycles. The maximum atomic E-state index is 13.3. The summed E-state index contributed by atoms with van der Waals surface area (Å²) in [6, 6.07) is 10.8. The molecule has 2 aromatic rings. The Kier molecular flexibility index (Phi) is 4.32. The van der Waals surface area contributed by atoms with Gasteiger partial charge in [0.2, 0.25) is 0 Å². The zero-order chi connectivity index (χ0) is 18.1. The molecule has 2 aliphatic rings. The summed E-state index contributed by atoms with van der Waals surface area (Å²) in [7, 11) is 0. The molecule has 0 saturated carbocycles. The molecule has 0 radical (unpaired) electrons. The van der Waals surface area contributed by atoms with E-state index in [9.17, 15) is 13.2 Å². The predicted molar refractivity (Wildman–Crippen MR) is 93.2 cm³/mol. The smallest absolute Gasteiger partial charge is 0.416 e. The van der Waals surface area contributed by atoms with E-state index in [-0.39, 0.29) is 0 Å². The molecule has 1 fully saturated rings. The highest BCUT2D eigenvalue weighted by atomic mass is 19.4. The van der Waals surface area contributed by atoms with Gasteiger partial charge in [-0.1, -0.05) is 12.1 Å². The lowest BCUT2D eigenvalue weighted by atomic mass is 10.1. The van der Waals surface area contributed by atoms with Crippen LogP contribution in [0.25, 0.3) is 0 Å². The van der Waals surface area contributed by atoms with Crippen molar-refractivity contribution in [2.24, 2.45) is 4.99 Å². The molecule has 1 saturated heterocycles. The Morgan fingerprint density at radius 1 is 1.00 bits per heavy atom. The maximum absolute atomic E-state index is 13.3. The highest BCUT2D eigenvalue weighted by Crippen LogP contribution is 2.40. The Bertz CT molecular complexity index is 840. The van der Waals surface area contributed by atoms with Gasteiger partial charge < -0.3 is 15.0 Å². The van der Waals surface area contributed by atoms with Gasteiger partial charge >= 0.3 is 6.18 Å². The first-order valence-corrected chi connectivity index (χ1v) is 8.55. The van der Waals surface area contributed by atoms with Crippen LogP contribution >= 0.6 is 0 Å². The van der Waals surface area contributed by atoms with Crippen LogP contribution in [0.4, 0.5) is 18.9 Å². The van der Waals surface area contributed by atoms with Crippen molar-refractivity contribution < 1.29 is 17.9 Å². The second-order valence-corrected chi connectivity index (χ2v) is 6.30. The fourth-order valence-corrected chi connectivity index (χ4v) is 3.20. The largest absolute Gasteiger partial charge is 0.454 e. The number of para-hydroxylation sites is 2. The van der Waals surface area contributed by atoms with Gasteiger partial charge in [-0.3, -0.25) is 0 Å². The molecule has 4 rings (SSSR count). The summed E-state index contributed by atoms with van der Waals surface area (Å²) in [5.74, 6) is 1.45. The van der Waals surface area contributed by atoms with E-state index in [1.54, 1.807) is 6.07 Å². The molecule has 4 nitrogen and oxygen atoms in total. The molecule has 2 heterocycles. The minimum atomic E-state index is -4.42. The molecule has 7 heteroatoms. The summed E-state index contributed by atoms with van der Waals surface area (Å²) in [4.78, 5) is 6.72. The molecule has 0 bridgehead atoms. The van der Waals surface area contributed by atoms with Gasteiger partial charge in [-0.2, -0.15) is 13.2 Å². The van der Waals surface area contributed by atoms with E-state index in [1.165, 1.54) is 6.07 Å². The minimum absolute atomic E-state index is 0.373. The van der Waals surface area contributed by atoms with Gasteiger partial charge in [0.1, 0.15) is 17.3 Å². The predicted octanol–water partition coefficient (Wildman–Crippen LogP) is 4.18. The molecule has 0 amide bonds. The van der Waals surface area contributed by atoms with Gasteiger partial charge in [-0.15, -0.1) is 0 Å². The Balaban J connectivity index is 1.87. The number of alkyl halides is 3. The fraction of sp³-hybridized carbons (Fsp3) is 0.316. The first kappa shape index (κ1) is 16.9. The van der Waals surface area contributed by atoms with E-state index in [1.807, 2.05) is 23.1 Å². The number of rotatable bonds is 0. The van der Waals surface area contributed by atoms with E-state index in [4.69, 9.17) is 9.73 Å². The van der Waals surface area contributed by atoms with Crippen LogP contribution in [0.15, 0.2) is 47.5 Å². The summed E-state index contributed by atoms with van der Waals surface area (Å²) >= 11 is 0. The average molecular weight is 361 g/mol. The third-order valence-electron chi connectivity index (χ3n) is 4.50. The average Bonchev–Trinajstić information content (AvgIpc) is 2.97. The highest BCUT2D eigenvalue weighted by molar-refractivity contribution is 6.04. The van der Waals surface area contributed by atoms with Crippen LogP contribution < -0.4 is 10.1 Å². The van der Waals surface area contributed by atoms with Crippen molar-refractivity contribution in [3.05, 3.63) is 53.6 Å². The minimum Gasteiger partial charge on any atom is -0.454 e. The molecule has 1 N–H and O–H groups in total. The number of fused-ring (bicyclic) bond motifs is 2. The van der Waals surface area contributed by atoms with E-state index in [0.717, 1.165) is 38.2 Å². The van der Waals surface area contributed by atoms with Gasteiger partial charge in [-0.05, 0) is 43.3 Å². The van der Waals surface area contributed by atoms with Crippen LogP contribution in [0.1, 0.15) is 17.5 Å². The lowest BCUT2D eigenvalue weighted by molar-refractivity contribution is -0.137. The summed E-state index contributed by atoms with van der Waals surface area (Å²) in [6.45, 7) is 3.04. The molecular formula is C19H18F3N3O. The number of hydrogen-bond acceptors (Lipinski definition) is 4. The molecular weight excluding hydrogens is 343 g/mol. The Morgan fingerprint density at radius 2 is 1.85 bits per heavy atom. The lowest BCUT2D eigenvalue weighted by Gasteiger charge is -2.25. The Morgan fingerprint density at radius 3 is 2.69 bits per heavy atom. The summed E-state index contributed by atoms with van der Waals surface area (Å²) < 4.78 is 45.7. The number of benzene rings is 2. The quantitative estimate of drug-likeness (QED) is 0.765. The van der Waals surface area contributed by atoms with Crippen molar-refractivity contribution in [3.8, 4) is 11.5 Å². The van der Waals surface area contributed by atoms with Gasteiger partial charge in [-0.25, -0.2) is 4.99 Å². The van der Waals surface area contributed by atoms with E-state index < -0.39 is 11.7 Å². The summed E-state index contributed by atoms with van der Waals surface area (Å²) in [5.41, 5.74) is 0.286. The molecule has 0 aromatic heterocycles.